The van der Waals surface area contributed by atoms with Gasteiger partial charge in [-0.3, -0.25) is 4.79 Å². The van der Waals surface area contributed by atoms with E-state index in [0.717, 1.165) is 0 Å². The van der Waals surface area contributed by atoms with E-state index >= 15 is 0 Å². The molecule has 0 saturated carbocycles. The zero-order chi connectivity index (χ0) is 13.7. The van der Waals surface area contributed by atoms with Crippen LogP contribution in [0.25, 0.3) is 0 Å². The molecule has 0 spiro atoms. The molecule has 0 aliphatic carbocycles. The molecule has 0 aromatic heterocycles. The van der Waals surface area contributed by atoms with E-state index in [1.165, 1.54) is 0 Å². The van der Waals surface area contributed by atoms with E-state index in [1.807, 2.05) is 0 Å². The summed E-state index contributed by atoms with van der Waals surface area (Å²) in [4.78, 5) is 11.8. The van der Waals surface area contributed by atoms with Gasteiger partial charge in [-0.2, -0.15) is 0 Å². The molecule has 1 aromatic rings. The Morgan fingerprint density at radius 2 is 2.11 bits per heavy atom. The largest absolute Gasteiger partial charge is 0.397 e. The number of nitrogens with one attached hydrogen (secondary N) is 1. The molecule has 18 heavy (non-hydrogen) atoms. The fourth-order valence-electron chi connectivity index (χ4n) is 1.22. The fraction of sp³-hybridized carbons (Fsp3) is 0.462. The second-order valence-corrected chi connectivity index (χ2v) is 6.34. The predicted octanol–water partition coefficient (Wildman–Crippen LogP) is 3.64. The molecule has 3 nitrogen and oxygen atoms in total. The third-order valence-corrected chi connectivity index (χ3v) is 4.44. The number of thioether (sulfide) groups is 1. The zero-order valence-corrected chi connectivity index (χ0v) is 12.4. The molecular formula is C13H19ClN2OS. The average Bonchev–Trinajstić information content (AvgIpc) is 2.30. The van der Waals surface area contributed by atoms with E-state index in [-0.39, 0.29) is 5.91 Å². The highest BCUT2D eigenvalue weighted by Crippen LogP contribution is 2.24. The van der Waals surface area contributed by atoms with Crippen molar-refractivity contribution in [3.63, 3.8) is 0 Å². The molecule has 0 radical (unpaired) electrons. The summed E-state index contributed by atoms with van der Waals surface area (Å²) in [5.41, 5.74) is 6.86. The van der Waals surface area contributed by atoms with Gasteiger partial charge in [0.1, 0.15) is 0 Å². The second kappa shape index (κ2) is 6.90. The molecule has 100 valence electrons. The molecule has 1 aromatic carbocycles. The molecule has 0 heterocycles. The fourth-order valence-corrected chi connectivity index (χ4v) is 2.27. The lowest BCUT2D eigenvalue weighted by atomic mass is 10.2. The van der Waals surface area contributed by atoms with Crippen molar-refractivity contribution < 1.29 is 4.79 Å². The molecule has 0 fully saturated rings. The molecule has 0 aliphatic heterocycles. The molecule has 1 atom stereocenters. The van der Waals surface area contributed by atoms with Crippen molar-refractivity contribution in [2.24, 2.45) is 5.92 Å². The third-order valence-electron chi connectivity index (χ3n) is 2.71. The number of benzene rings is 1. The Hall–Kier alpha value is -0.870. The number of carbonyl (C=O) groups excluding carboxylic acids is 1. The lowest BCUT2D eigenvalue weighted by Gasteiger charge is -2.15. The van der Waals surface area contributed by atoms with Crippen LogP contribution in [-0.2, 0) is 4.79 Å². The minimum Gasteiger partial charge on any atom is -0.397 e. The molecule has 0 aliphatic rings. The van der Waals surface area contributed by atoms with Gasteiger partial charge >= 0.3 is 0 Å². The maximum atomic E-state index is 11.8. The number of anilines is 2. The summed E-state index contributed by atoms with van der Waals surface area (Å²) in [7, 11) is 0. The summed E-state index contributed by atoms with van der Waals surface area (Å²) in [6, 6.07) is 5.04. The van der Waals surface area contributed by atoms with Crippen LogP contribution in [0.3, 0.4) is 0 Å². The highest BCUT2D eigenvalue weighted by molar-refractivity contribution is 8.00. The molecule has 5 heteroatoms. The van der Waals surface area contributed by atoms with Crippen molar-refractivity contribution in [1.29, 1.82) is 0 Å². The molecule has 0 bridgehead atoms. The van der Waals surface area contributed by atoms with Crippen LogP contribution in [0.15, 0.2) is 18.2 Å². The Balaban J connectivity index is 2.52. The summed E-state index contributed by atoms with van der Waals surface area (Å²) in [6.07, 6.45) is 0. The Morgan fingerprint density at radius 1 is 1.44 bits per heavy atom. The SMILES string of the molecule is CC(C)C(C)SCC(=O)Nc1cc(Cl)ccc1N. The summed E-state index contributed by atoms with van der Waals surface area (Å²) in [6.45, 7) is 6.41. The van der Waals surface area contributed by atoms with Gasteiger partial charge in [0.2, 0.25) is 5.91 Å². The van der Waals surface area contributed by atoms with E-state index in [1.54, 1.807) is 30.0 Å². The number of hydrogen-bond donors (Lipinski definition) is 2. The summed E-state index contributed by atoms with van der Waals surface area (Å²) >= 11 is 7.49. The van der Waals surface area contributed by atoms with Gasteiger partial charge in [-0.25, -0.2) is 0 Å². The monoisotopic (exact) mass is 286 g/mol. The van der Waals surface area contributed by atoms with Crippen LogP contribution in [0.5, 0.6) is 0 Å². The molecule has 1 rings (SSSR count). The number of halogens is 1. The van der Waals surface area contributed by atoms with E-state index in [2.05, 4.69) is 26.1 Å². The first kappa shape index (κ1) is 15.2. The molecular weight excluding hydrogens is 268 g/mol. The lowest BCUT2D eigenvalue weighted by Crippen LogP contribution is -2.18. The molecule has 3 N–H and O–H groups in total. The molecule has 1 amide bonds. The van der Waals surface area contributed by atoms with Crippen LogP contribution in [0.1, 0.15) is 20.8 Å². The van der Waals surface area contributed by atoms with E-state index in [9.17, 15) is 4.79 Å². The first-order valence-corrected chi connectivity index (χ1v) is 7.29. The van der Waals surface area contributed by atoms with Gasteiger partial charge in [0.05, 0.1) is 17.1 Å². The molecule has 0 saturated heterocycles. The lowest BCUT2D eigenvalue weighted by molar-refractivity contribution is -0.113. The maximum Gasteiger partial charge on any atom is 0.234 e. The van der Waals surface area contributed by atoms with Gasteiger partial charge in [0.15, 0.2) is 0 Å². The Morgan fingerprint density at radius 3 is 2.72 bits per heavy atom. The quantitative estimate of drug-likeness (QED) is 0.813. The Bertz CT molecular complexity index is 423. The number of amides is 1. The minimum absolute atomic E-state index is 0.0542. The summed E-state index contributed by atoms with van der Waals surface area (Å²) in [5.74, 6) is 0.922. The minimum atomic E-state index is -0.0542. The number of carbonyl (C=O) groups is 1. The van der Waals surface area contributed by atoms with Gasteiger partial charge in [-0.1, -0.05) is 32.4 Å². The van der Waals surface area contributed by atoms with Crippen molar-refractivity contribution in [1.82, 2.24) is 0 Å². The standard InChI is InChI=1S/C13H19ClN2OS/c1-8(2)9(3)18-7-13(17)16-12-6-10(14)4-5-11(12)15/h4-6,8-9H,7,15H2,1-3H3,(H,16,17). The van der Waals surface area contributed by atoms with Crippen LogP contribution in [0.2, 0.25) is 5.02 Å². The maximum absolute atomic E-state index is 11.8. The smallest absolute Gasteiger partial charge is 0.234 e. The number of rotatable bonds is 5. The van der Waals surface area contributed by atoms with E-state index in [0.29, 0.717) is 33.3 Å². The number of hydrogen-bond acceptors (Lipinski definition) is 3. The van der Waals surface area contributed by atoms with Crippen molar-refractivity contribution in [2.45, 2.75) is 26.0 Å². The van der Waals surface area contributed by atoms with Gasteiger partial charge < -0.3 is 11.1 Å². The normalized spacial score (nSPS) is 12.5. The van der Waals surface area contributed by atoms with Crippen molar-refractivity contribution >= 4 is 40.6 Å². The van der Waals surface area contributed by atoms with E-state index in [4.69, 9.17) is 17.3 Å². The average molecular weight is 287 g/mol. The number of nitrogens with two attached hydrogens (primary N) is 1. The van der Waals surface area contributed by atoms with Crippen LogP contribution in [-0.4, -0.2) is 16.9 Å². The predicted molar refractivity (Wildman–Crippen MR) is 81.3 cm³/mol. The van der Waals surface area contributed by atoms with Gasteiger partial charge in [0, 0.05) is 10.3 Å². The van der Waals surface area contributed by atoms with Crippen molar-refractivity contribution in [3.8, 4) is 0 Å². The topological polar surface area (TPSA) is 55.1 Å². The Kier molecular flexibility index (Phi) is 5.82. The highest BCUT2D eigenvalue weighted by atomic mass is 35.5. The van der Waals surface area contributed by atoms with Crippen LogP contribution >= 0.6 is 23.4 Å². The zero-order valence-electron chi connectivity index (χ0n) is 10.9. The summed E-state index contributed by atoms with van der Waals surface area (Å²) < 4.78 is 0. The van der Waals surface area contributed by atoms with Gasteiger partial charge in [-0.05, 0) is 24.1 Å². The first-order chi connectivity index (χ1) is 8.40. The van der Waals surface area contributed by atoms with E-state index < -0.39 is 0 Å². The third kappa shape index (κ3) is 4.78. The van der Waals surface area contributed by atoms with Crippen LogP contribution < -0.4 is 11.1 Å². The highest BCUT2D eigenvalue weighted by Gasteiger charge is 2.11. The first-order valence-electron chi connectivity index (χ1n) is 5.86. The number of nitrogen functional groups attached to an aromatic ring is 1. The van der Waals surface area contributed by atoms with Crippen molar-refractivity contribution in [3.05, 3.63) is 23.2 Å². The summed E-state index contributed by atoms with van der Waals surface area (Å²) in [5, 5.41) is 3.79. The van der Waals surface area contributed by atoms with Gasteiger partial charge in [0.25, 0.3) is 0 Å². The van der Waals surface area contributed by atoms with Gasteiger partial charge in [-0.15, -0.1) is 11.8 Å². The van der Waals surface area contributed by atoms with Crippen molar-refractivity contribution in [2.75, 3.05) is 16.8 Å². The Labute approximate surface area is 117 Å². The second-order valence-electron chi connectivity index (χ2n) is 4.54. The van der Waals surface area contributed by atoms with Crippen LogP contribution in [0, 0.1) is 5.92 Å². The molecule has 1 unspecified atom stereocenters. The van der Waals surface area contributed by atoms with Crippen LogP contribution in [0.4, 0.5) is 11.4 Å².